The van der Waals surface area contributed by atoms with Crippen LogP contribution in [-0.2, 0) is 36.8 Å². The Labute approximate surface area is 255 Å². The number of imidazole rings is 1. The SMILES string of the molecule is CC(C)(COP(=O)(O)OP(=O)(O)OC[C@H]1O[C@@H](n2cnc3c(N)ncnc32)[C@H](O)[C@@H]1O)[C@H](O)C(=O)NCCC(=O)NCCS. The van der Waals surface area contributed by atoms with Crippen LogP contribution in [-0.4, -0.2) is 113 Å². The zero-order valence-electron chi connectivity index (χ0n) is 23.5. The monoisotopic (exact) mass is 687 g/mol. The second-order valence-electron chi connectivity index (χ2n) is 10.2. The number of anilines is 1. The lowest BCUT2D eigenvalue weighted by atomic mass is 9.87. The van der Waals surface area contributed by atoms with Crippen LogP contribution in [0.25, 0.3) is 11.2 Å². The van der Waals surface area contributed by atoms with Crippen LogP contribution in [0.5, 0.6) is 0 Å². The number of aromatic nitrogens is 4. The molecular formula is C21H35N7O13P2S. The molecular weight excluding hydrogens is 652 g/mol. The number of aliphatic hydroxyl groups excluding tert-OH is 3. The minimum absolute atomic E-state index is 0.0540. The van der Waals surface area contributed by atoms with Gasteiger partial charge in [-0.1, -0.05) is 13.8 Å². The van der Waals surface area contributed by atoms with Gasteiger partial charge in [-0.15, -0.1) is 0 Å². The first-order chi connectivity index (χ1) is 20.5. The van der Waals surface area contributed by atoms with Crippen LogP contribution >= 0.6 is 28.3 Å². The number of rotatable bonds is 16. The Hall–Kier alpha value is -2.26. The molecule has 2 amide bonds. The van der Waals surface area contributed by atoms with Gasteiger partial charge in [0.15, 0.2) is 17.7 Å². The van der Waals surface area contributed by atoms with Crippen LogP contribution in [0.3, 0.4) is 0 Å². The Balaban J connectivity index is 1.50. The van der Waals surface area contributed by atoms with Gasteiger partial charge in [0.2, 0.25) is 11.8 Å². The summed E-state index contributed by atoms with van der Waals surface area (Å²) in [4.78, 5) is 55.7. The molecule has 0 bridgehead atoms. The minimum atomic E-state index is -5.35. The number of fused-ring (bicyclic) bond motifs is 1. The molecule has 23 heteroatoms. The number of phosphoric acid groups is 2. The van der Waals surface area contributed by atoms with Crippen molar-refractivity contribution in [1.82, 2.24) is 30.2 Å². The van der Waals surface area contributed by atoms with Gasteiger partial charge in [-0.05, 0) is 0 Å². The molecule has 3 rings (SSSR count). The molecule has 2 aromatic heterocycles. The number of thiol groups is 1. The first kappa shape index (κ1) is 36.2. The molecule has 0 aromatic carbocycles. The molecule has 2 unspecified atom stereocenters. The van der Waals surface area contributed by atoms with Crippen LogP contribution in [0.1, 0.15) is 26.5 Å². The summed E-state index contributed by atoms with van der Waals surface area (Å²) in [6.07, 6.45) is -5.39. The molecule has 1 saturated heterocycles. The van der Waals surface area contributed by atoms with Gasteiger partial charge < -0.3 is 46.2 Å². The molecule has 3 heterocycles. The van der Waals surface area contributed by atoms with Gasteiger partial charge in [-0.2, -0.15) is 16.9 Å². The number of carbonyl (C=O) groups excluding carboxylic acids is 2. The van der Waals surface area contributed by atoms with Crippen molar-refractivity contribution in [3.63, 3.8) is 0 Å². The van der Waals surface area contributed by atoms with Gasteiger partial charge in [-0.25, -0.2) is 24.1 Å². The summed E-state index contributed by atoms with van der Waals surface area (Å²) >= 11 is 3.96. The molecule has 1 fully saturated rings. The number of carbonyl (C=O) groups is 2. The number of amides is 2. The van der Waals surface area contributed by atoms with Crippen molar-refractivity contribution in [2.75, 3.05) is 37.8 Å². The van der Waals surface area contributed by atoms with Crippen molar-refractivity contribution >= 4 is 57.1 Å². The number of phosphoric ester groups is 2. The van der Waals surface area contributed by atoms with Crippen LogP contribution in [0.2, 0.25) is 0 Å². The van der Waals surface area contributed by atoms with Crippen molar-refractivity contribution in [2.45, 2.75) is 50.9 Å². The van der Waals surface area contributed by atoms with E-state index in [4.69, 9.17) is 19.5 Å². The highest BCUT2D eigenvalue weighted by Gasteiger charge is 2.46. The fourth-order valence-corrected chi connectivity index (χ4v) is 6.22. The number of aliphatic hydroxyl groups is 3. The lowest BCUT2D eigenvalue weighted by Crippen LogP contribution is -2.46. The quantitative estimate of drug-likeness (QED) is 0.0696. The summed E-state index contributed by atoms with van der Waals surface area (Å²) in [7, 11) is -10.7. The zero-order chi connectivity index (χ0) is 32.9. The molecule has 9 N–H and O–H groups in total. The van der Waals surface area contributed by atoms with Crippen molar-refractivity contribution in [2.24, 2.45) is 5.41 Å². The molecule has 0 radical (unpaired) electrons. The number of ether oxygens (including phenoxy) is 1. The maximum atomic E-state index is 12.4. The van der Waals surface area contributed by atoms with Crippen molar-refractivity contribution in [3.8, 4) is 0 Å². The normalized spacial score (nSPS) is 24.0. The lowest BCUT2D eigenvalue weighted by molar-refractivity contribution is -0.137. The van der Waals surface area contributed by atoms with Crippen molar-refractivity contribution in [1.29, 1.82) is 0 Å². The number of nitrogens with two attached hydrogens (primary N) is 1. The predicted octanol–water partition coefficient (Wildman–Crippen LogP) is -1.78. The van der Waals surface area contributed by atoms with Gasteiger partial charge in [0.05, 0.1) is 19.5 Å². The standard InChI is InChI=1S/C21H35N7O13P2S/c1-21(2,16(32)19(33)24-4-3-12(29)23-5-6-44)8-39-43(36,37)41-42(34,35)38-7-11-14(30)15(31)20(40-11)28-10-27-13-17(22)25-9-26-18(13)28/h9-11,14-16,20,30-32,44H,3-8H2,1-2H3,(H,23,29)(H,24,33)(H,34,35)(H,36,37)(H2,22,25,26)/t11-,14-,15-,16-,20-/m1/s1. The van der Waals surface area contributed by atoms with E-state index in [1.54, 1.807) is 0 Å². The first-order valence-electron chi connectivity index (χ1n) is 12.9. The molecule has 44 heavy (non-hydrogen) atoms. The topological polar surface area (TPSA) is 300 Å². The highest BCUT2D eigenvalue weighted by Crippen LogP contribution is 2.61. The highest BCUT2D eigenvalue weighted by molar-refractivity contribution is 7.80. The molecule has 0 saturated carbocycles. The smallest absolute Gasteiger partial charge is 0.387 e. The minimum Gasteiger partial charge on any atom is -0.387 e. The maximum absolute atomic E-state index is 12.4. The average Bonchev–Trinajstić information content (AvgIpc) is 3.50. The Bertz CT molecular complexity index is 1420. The number of nitrogens with zero attached hydrogens (tertiary/aromatic N) is 4. The van der Waals surface area contributed by atoms with E-state index in [9.17, 15) is 43.8 Å². The van der Waals surface area contributed by atoms with E-state index >= 15 is 0 Å². The molecule has 7 atom stereocenters. The predicted molar refractivity (Wildman–Crippen MR) is 153 cm³/mol. The van der Waals surface area contributed by atoms with Crippen LogP contribution in [0.4, 0.5) is 5.82 Å². The van der Waals surface area contributed by atoms with E-state index in [1.807, 2.05) is 0 Å². The molecule has 20 nitrogen and oxygen atoms in total. The van der Waals surface area contributed by atoms with Gasteiger partial charge in [0, 0.05) is 30.7 Å². The van der Waals surface area contributed by atoms with Crippen molar-refractivity contribution in [3.05, 3.63) is 12.7 Å². The zero-order valence-corrected chi connectivity index (χ0v) is 26.2. The van der Waals surface area contributed by atoms with E-state index in [-0.39, 0.29) is 35.9 Å². The molecule has 1 aliphatic heterocycles. The van der Waals surface area contributed by atoms with Gasteiger partial charge in [0.25, 0.3) is 0 Å². The van der Waals surface area contributed by atoms with Gasteiger partial charge in [-0.3, -0.25) is 23.2 Å². The molecule has 2 aromatic rings. The Kier molecular flexibility index (Phi) is 12.3. The van der Waals surface area contributed by atoms with E-state index < -0.39 is 70.8 Å². The lowest BCUT2D eigenvalue weighted by Gasteiger charge is -2.30. The highest BCUT2D eigenvalue weighted by atomic mass is 32.1. The first-order valence-corrected chi connectivity index (χ1v) is 16.5. The Morgan fingerprint density at radius 1 is 1.14 bits per heavy atom. The average molecular weight is 688 g/mol. The molecule has 0 spiro atoms. The summed E-state index contributed by atoms with van der Waals surface area (Å²) < 4.78 is 45.3. The third kappa shape index (κ3) is 9.38. The Morgan fingerprint density at radius 2 is 1.82 bits per heavy atom. The van der Waals surface area contributed by atoms with Crippen LogP contribution in [0.15, 0.2) is 12.7 Å². The summed E-state index contributed by atoms with van der Waals surface area (Å²) in [6.45, 7) is 1.16. The third-order valence-electron chi connectivity index (χ3n) is 6.28. The molecule has 248 valence electrons. The van der Waals surface area contributed by atoms with Gasteiger partial charge >= 0.3 is 15.6 Å². The van der Waals surface area contributed by atoms with E-state index in [1.165, 1.54) is 24.7 Å². The second-order valence-corrected chi connectivity index (χ2v) is 13.7. The number of nitrogens with one attached hydrogen (secondary N) is 2. The number of hydrogen-bond acceptors (Lipinski definition) is 16. The van der Waals surface area contributed by atoms with E-state index in [0.29, 0.717) is 12.3 Å². The summed E-state index contributed by atoms with van der Waals surface area (Å²) in [5.74, 6) is -0.760. The Morgan fingerprint density at radius 3 is 2.50 bits per heavy atom. The summed E-state index contributed by atoms with van der Waals surface area (Å²) in [5.41, 5.74) is 4.60. The second kappa shape index (κ2) is 14.9. The van der Waals surface area contributed by atoms with Gasteiger partial charge in [0.1, 0.15) is 36.3 Å². The maximum Gasteiger partial charge on any atom is 0.481 e. The fourth-order valence-electron chi connectivity index (χ4n) is 3.86. The largest absolute Gasteiger partial charge is 0.481 e. The number of hydrogen-bond donors (Lipinski definition) is 9. The summed E-state index contributed by atoms with van der Waals surface area (Å²) in [6, 6.07) is 0. The van der Waals surface area contributed by atoms with Crippen LogP contribution < -0.4 is 16.4 Å². The van der Waals surface area contributed by atoms with E-state index in [2.05, 4.69) is 42.5 Å². The van der Waals surface area contributed by atoms with Crippen LogP contribution in [0, 0.1) is 5.41 Å². The van der Waals surface area contributed by atoms with E-state index in [0.717, 1.165) is 6.33 Å². The molecule has 1 aliphatic rings. The fraction of sp³-hybridized carbons (Fsp3) is 0.667. The summed E-state index contributed by atoms with van der Waals surface area (Å²) in [5, 5.41) is 36.2. The third-order valence-corrected chi connectivity index (χ3v) is 9.09. The number of nitrogen functional groups attached to an aromatic ring is 1. The van der Waals surface area contributed by atoms with Crippen molar-refractivity contribution < 1.29 is 61.9 Å². The molecule has 0 aliphatic carbocycles.